The molecule has 3 nitrogen and oxygen atoms in total. The number of aliphatic carboxylic acids is 1. The number of hydrogen-bond acceptors (Lipinski definition) is 2. The summed E-state index contributed by atoms with van der Waals surface area (Å²) in [6.45, 7) is 0. The molecule has 0 atom stereocenters. The minimum Gasteiger partial charge on any atom is -0.477 e. The lowest BCUT2D eigenvalue weighted by Gasteiger charge is -2.11. The highest BCUT2D eigenvalue weighted by Gasteiger charge is 2.44. The lowest BCUT2D eigenvalue weighted by Crippen LogP contribution is -2.27. The Morgan fingerprint density at radius 3 is 2.64 bits per heavy atom. The van der Waals surface area contributed by atoms with E-state index in [2.05, 4.69) is 4.98 Å². The Kier molecular flexibility index (Phi) is 2.66. The maximum absolute atomic E-state index is 12.8. The van der Waals surface area contributed by atoms with E-state index in [-0.39, 0.29) is 5.02 Å². The molecule has 76 valence electrons. The molecule has 1 N–H and O–H groups in total. The summed E-state index contributed by atoms with van der Waals surface area (Å²) in [7, 11) is 0. The predicted molar refractivity (Wildman–Crippen MR) is 40.7 cm³/mol. The highest BCUT2D eigenvalue weighted by Crippen LogP contribution is 2.30. The Morgan fingerprint density at radius 1 is 1.57 bits per heavy atom. The van der Waals surface area contributed by atoms with Crippen LogP contribution in [0.1, 0.15) is 5.56 Å². The number of pyridine rings is 1. The van der Waals surface area contributed by atoms with Crippen LogP contribution in [0.25, 0.3) is 0 Å². The van der Waals surface area contributed by atoms with Crippen molar-refractivity contribution < 1.29 is 23.1 Å². The summed E-state index contributed by atoms with van der Waals surface area (Å²) in [5.41, 5.74) is -1.35. The highest BCUT2D eigenvalue weighted by atomic mass is 35.5. The molecule has 1 rings (SSSR count). The van der Waals surface area contributed by atoms with Crippen molar-refractivity contribution in [2.24, 2.45) is 0 Å². The van der Waals surface area contributed by atoms with E-state index in [1.807, 2.05) is 0 Å². The topological polar surface area (TPSA) is 50.2 Å². The molecule has 1 aromatic heterocycles. The first-order valence-corrected chi connectivity index (χ1v) is 3.66. The third-order valence-corrected chi connectivity index (χ3v) is 1.62. The van der Waals surface area contributed by atoms with Gasteiger partial charge in [-0.1, -0.05) is 11.6 Å². The number of aromatic nitrogens is 1. The Hall–Kier alpha value is -1.30. The van der Waals surface area contributed by atoms with Crippen LogP contribution in [0.3, 0.4) is 0 Å². The summed E-state index contributed by atoms with van der Waals surface area (Å²) < 4.78 is 38.3. The predicted octanol–water partition coefficient (Wildman–Crippen LogP) is 2.05. The van der Waals surface area contributed by atoms with Crippen molar-refractivity contribution >= 4 is 17.6 Å². The SMILES string of the molecule is O=C(O)C(F)(F)c1cc(Cl)cnc1F. The summed E-state index contributed by atoms with van der Waals surface area (Å²) in [6.07, 6.45) is 0.804. The molecule has 0 bridgehead atoms. The van der Waals surface area contributed by atoms with Gasteiger partial charge in [-0.05, 0) is 6.07 Å². The van der Waals surface area contributed by atoms with Crippen LogP contribution in [0.15, 0.2) is 12.3 Å². The molecule has 0 amide bonds. The summed E-state index contributed by atoms with van der Waals surface area (Å²) in [6, 6.07) is 0.526. The van der Waals surface area contributed by atoms with Gasteiger partial charge in [-0.25, -0.2) is 9.78 Å². The van der Waals surface area contributed by atoms with Gasteiger partial charge in [0.2, 0.25) is 5.95 Å². The van der Waals surface area contributed by atoms with Crippen LogP contribution in [-0.2, 0) is 10.7 Å². The molecule has 0 aliphatic rings. The monoisotopic (exact) mass is 225 g/mol. The quantitative estimate of drug-likeness (QED) is 0.784. The van der Waals surface area contributed by atoms with Gasteiger partial charge in [-0.15, -0.1) is 0 Å². The molecule has 0 saturated carbocycles. The first-order chi connectivity index (χ1) is 6.35. The van der Waals surface area contributed by atoms with E-state index in [9.17, 15) is 18.0 Å². The number of halogens is 4. The van der Waals surface area contributed by atoms with Crippen molar-refractivity contribution in [3.05, 3.63) is 28.8 Å². The second-order valence-electron chi connectivity index (χ2n) is 2.37. The van der Waals surface area contributed by atoms with Gasteiger partial charge < -0.3 is 5.11 Å². The minimum atomic E-state index is -4.33. The Bertz CT molecular complexity index is 383. The number of rotatable bonds is 2. The normalized spacial score (nSPS) is 11.4. The number of carbonyl (C=O) groups is 1. The highest BCUT2D eigenvalue weighted by molar-refractivity contribution is 6.30. The third-order valence-electron chi connectivity index (χ3n) is 1.41. The third kappa shape index (κ3) is 1.79. The molecular weight excluding hydrogens is 223 g/mol. The number of alkyl halides is 2. The molecule has 14 heavy (non-hydrogen) atoms. The molecule has 0 spiro atoms. The molecule has 0 aliphatic heterocycles. The van der Waals surface area contributed by atoms with Crippen LogP contribution in [0.2, 0.25) is 5.02 Å². The molecule has 7 heteroatoms. The Morgan fingerprint density at radius 2 is 2.14 bits per heavy atom. The van der Waals surface area contributed by atoms with Crippen LogP contribution < -0.4 is 0 Å². The number of carboxylic acid groups (broad SMARTS) is 1. The standard InChI is InChI=1S/C7H3ClF3NO2/c8-3-1-4(5(9)12-2-3)7(10,11)6(13)14/h1-2H,(H,13,14). The van der Waals surface area contributed by atoms with E-state index in [4.69, 9.17) is 16.7 Å². The molecule has 0 aliphatic carbocycles. The zero-order valence-corrected chi connectivity index (χ0v) is 7.23. The van der Waals surface area contributed by atoms with Crippen LogP contribution in [0, 0.1) is 5.95 Å². The molecule has 0 aromatic carbocycles. The van der Waals surface area contributed by atoms with Crippen LogP contribution in [0.4, 0.5) is 13.2 Å². The second-order valence-corrected chi connectivity index (χ2v) is 2.81. The second kappa shape index (κ2) is 3.45. The zero-order chi connectivity index (χ0) is 10.9. The first-order valence-electron chi connectivity index (χ1n) is 3.28. The van der Waals surface area contributed by atoms with E-state index in [1.54, 1.807) is 0 Å². The van der Waals surface area contributed by atoms with E-state index in [0.29, 0.717) is 6.07 Å². The van der Waals surface area contributed by atoms with Gasteiger partial charge in [0.25, 0.3) is 0 Å². The average molecular weight is 226 g/mol. The molecular formula is C7H3ClF3NO2. The van der Waals surface area contributed by atoms with Crippen molar-refractivity contribution in [1.82, 2.24) is 4.98 Å². The maximum Gasteiger partial charge on any atom is 0.379 e. The molecule has 0 unspecified atom stereocenters. The minimum absolute atomic E-state index is 0.262. The maximum atomic E-state index is 12.8. The van der Waals surface area contributed by atoms with Gasteiger partial charge in [-0.3, -0.25) is 0 Å². The zero-order valence-electron chi connectivity index (χ0n) is 6.47. The van der Waals surface area contributed by atoms with E-state index in [0.717, 1.165) is 6.20 Å². The van der Waals surface area contributed by atoms with Crippen LogP contribution in [0.5, 0.6) is 0 Å². The smallest absolute Gasteiger partial charge is 0.379 e. The summed E-state index contributed by atoms with van der Waals surface area (Å²) >= 11 is 5.27. The van der Waals surface area contributed by atoms with Gasteiger partial charge in [-0.2, -0.15) is 13.2 Å². The van der Waals surface area contributed by atoms with Gasteiger partial charge in [0, 0.05) is 6.20 Å². The summed E-state index contributed by atoms with van der Waals surface area (Å²) in [5.74, 6) is -8.34. The van der Waals surface area contributed by atoms with Crippen molar-refractivity contribution in [3.8, 4) is 0 Å². The first kappa shape index (κ1) is 10.8. The molecule has 1 heterocycles. The van der Waals surface area contributed by atoms with Gasteiger partial charge >= 0.3 is 11.9 Å². The van der Waals surface area contributed by atoms with Crippen molar-refractivity contribution in [2.75, 3.05) is 0 Å². The summed E-state index contributed by atoms with van der Waals surface area (Å²) in [4.78, 5) is 13.0. The van der Waals surface area contributed by atoms with Crippen molar-refractivity contribution in [3.63, 3.8) is 0 Å². The lowest BCUT2D eigenvalue weighted by molar-refractivity contribution is -0.166. The number of hydrogen-bond donors (Lipinski definition) is 1. The van der Waals surface area contributed by atoms with Gasteiger partial charge in [0.1, 0.15) is 0 Å². The van der Waals surface area contributed by atoms with E-state index < -0.39 is 23.4 Å². The fraction of sp³-hybridized carbons (Fsp3) is 0.143. The largest absolute Gasteiger partial charge is 0.477 e. The molecule has 0 fully saturated rings. The van der Waals surface area contributed by atoms with E-state index >= 15 is 0 Å². The van der Waals surface area contributed by atoms with E-state index in [1.165, 1.54) is 0 Å². The molecule has 0 saturated heterocycles. The van der Waals surface area contributed by atoms with Crippen molar-refractivity contribution in [1.29, 1.82) is 0 Å². The Balaban J connectivity index is 3.31. The van der Waals surface area contributed by atoms with Gasteiger partial charge in [0.05, 0.1) is 10.6 Å². The molecule has 0 radical (unpaired) electrons. The lowest BCUT2D eigenvalue weighted by atomic mass is 10.1. The number of carboxylic acids is 1. The van der Waals surface area contributed by atoms with Crippen LogP contribution >= 0.6 is 11.6 Å². The Labute approximate surface area is 81.1 Å². The number of nitrogens with zero attached hydrogens (tertiary/aromatic N) is 1. The molecule has 1 aromatic rings. The van der Waals surface area contributed by atoms with Gasteiger partial charge in [0.15, 0.2) is 0 Å². The summed E-state index contributed by atoms with van der Waals surface area (Å²) in [5, 5.41) is 7.86. The fourth-order valence-electron chi connectivity index (χ4n) is 0.758. The van der Waals surface area contributed by atoms with Crippen molar-refractivity contribution in [2.45, 2.75) is 5.92 Å². The fourth-order valence-corrected chi connectivity index (χ4v) is 0.916. The average Bonchev–Trinajstić information content (AvgIpc) is 2.08. The van der Waals surface area contributed by atoms with Crippen LogP contribution in [-0.4, -0.2) is 16.1 Å².